The summed E-state index contributed by atoms with van der Waals surface area (Å²) < 4.78 is 10.9. The summed E-state index contributed by atoms with van der Waals surface area (Å²) in [6.45, 7) is 13.8. The number of rotatable bonds is 11. The number of esters is 1. The first kappa shape index (κ1) is 35.8. The van der Waals surface area contributed by atoms with Crippen LogP contribution in [0.25, 0.3) is 0 Å². The van der Waals surface area contributed by atoms with Crippen LogP contribution in [0.15, 0.2) is 48.5 Å². The van der Waals surface area contributed by atoms with Crippen molar-refractivity contribution in [3.63, 3.8) is 0 Å². The number of hydrogen-bond acceptors (Lipinski definition) is 7. The van der Waals surface area contributed by atoms with Gasteiger partial charge in [-0.2, -0.15) is 0 Å². The number of aryl methyl sites for hydroxylation is 2. The number of carbonyl (C=O) groups excluding carboxylic acids is 5. The van der Waals surface area contributed by atoms with Crippen LogP contribution >= 0.6 is 0 Å². The summed E-state index contributed by atoms with van der Waals surface area (Å²) in [5.41, 5.74) is 6.49. The third kappa shape index (κ3) is 11.0. The summed E-state index contributed by atoms with van der Waals surface area (Å²) in [4.78, 5) is 67.1. The number of likely N-dealkylation sites (N-methyl/N-ethyl adjacent to an activating group) is 1. The van der Waals surface area contributed by atoms with Crippen molar-refractivity contribution in [3.8, 4) is 0 Å². The molecule has 0 saturated heterocycles. The highest BCUT2D eigenvalue weighted by Gasteiger charge is 2.38. The van der Waals surface area contributed by atoms with Gasteiger partial charge in [0.25, 0.3) is 0 Å². The fourth-order valence-corrected chi connectivity index (χ4v) is 4.65. The van der Waals surface area contributed by atoms with E-state index >= 15 is 0 Å². The maximum absolute atomic E-state index is 14.2. The van der Waals surface area contributed by atoms with E-state index in [1.807, 2.05) is 36.4 Å². The molecule has 0 aliphatic rings. The van der Waals surface area contributed by atoms with E-state index in [0.29, 0.717) is 16.7 Å². The van der Waals surface area contributed by atoms with Gasteiger partial charge in [0.05, 0.1) is 6.42 Å². The smallest absolute Gasteiger partial charge is 0.408 e. The van der Waals surface area contributed by atoms with Crippen LogP contribution in [0.4, 0.5) is 4.79 Å². The summed E-state index contributed by atoms with van der Waals surface area (Å²) in [5.74, 6) is -2.88. The zero-order valence-corrected chi connectivity index (χ0v) is 27.1. The predicted octanol–water partition coefficient (Wildman–Crippen LogP) is 3.64. The number of nitrogens with two attached hydrogens (primary N) is 1. The second-order valence-electron chi connectivity index (χ2n) is 12.8. The number of primary amides is 1. The number of ether oxygens (including phenoxy) is 2. The van der Waals surface area contributed by atoms with E-state index in [9.17, 15) is 24.0 Å². The predicted molar refractivity (Wildman–Crippen MR) is 166 cm³/mol. The summed E-state index contributed by atoms with van der Waals surface area (Å²) in [6.07, 6.45) is -1.31. The van der Waals surface area contributed by atoms with Crippen LogP contribution in [0.3, 0.4) is 0 Å². The van der Waals surface area contributed by atoms with Gasteiger partial charge in [0, 0.05) is 13.5 Å². The van der Waals surface area contributed by atoms with E-state index in [4.69, 9.17) is 15.2 Å². The van der Waals surface area contributed by atoms with E-state index in [-0.39, 0.29) is 6.42 Å². The first-order valence-electron chi connectivity index (χ1n) is 14.5. The van der Waals surface area contributed by atoms with Crippen LogP contribution in [0, 0.1) is 13.8 Å². The Morgan fingerprint density at radius 2 is 1.34 bits per heavy atom. The molecular formula is C33H46N4O7. The molecule has 0 bridgehead atoms. The summed E-state index contributed by atoms with van der Waals surface area (Å²) in [7, 11) is 1.39. The number of carbonyl (C=O) groups is 5. The highest BCUT2D eigenvalue weighted by Crippen LogP contribution is 2.28. The van der Waals surface area contributed by atoms with Gasteiger partial charge in [-0.25, -0.2) is 9.59 Å². The molecule has 2 rings (SSSR count). The first-order valence-corrected chi connectivity index (χ1v) is 14.5. The Balaban J connectivity index is 2.54. The van der Waals surface area contributed by atoms with Crippen LogP contribution in [0.2, 0.25) is 0 Å². The minimum Gasteiger partial charge on any atom is -0.458 e. The number of hydrogen-bond donors (Lipinski definition) is 3. The SMILES string of the molecule is Cc1cccc(C)c1C(C(=O)NC(Cc1ccccc1)C(=O)OC(C)(C)C)N(C)C(=O)C(CC(N)=O)NC(=O)OC(C)(C)C. The molecule has 44 heavy (non-hydrogen) atoms. The monoisotopic (exact) mass is 610 g/mol. The minimum atomic E-state index is -1.42. The molecule has 0 radical (unpaired) electrons. The van der Waals surface area contributed by atoms with Crippen molar-refractivity contribution in [1.29, 1.82) is 0 Å². The molecule has 0 saturated carbocycles. The van der Waals surface area contributed by atoms with Crippen molar-refractivity contribution in [3.05, 3.63) is 70.8 Å². The molecule has 3 atom stereocenters. The molecule has 2 aromatic rings. The third-order valence-corrected chi connectivity index (χ3v) is 6.48. The quantitative estimate of drug-likeness (QED) is 0.328. The van der Waals surface area contributed by atoms with Crippen LogP contribution in [-0.2, 0) is 35.1 Å². The zero-order chi connectivity index (χ0) is 33.4. The zero-order valence-electron chi connectivity index (χ0n) is 27.1. The Morgan fingerprint density at radius 3 is 1.84 bits per heavy atom. The maximum atomic E-state index is 14.2. The number of benzene rings is 2. The molecule has 240 valence electrons. The van der Waals surface area contributed by atoms with Gasteiger partial charge in [0.2, 0.25) is 17.7 Å². The molecule has 0 aliphatic heterocycles. The maximum Gasteiger partial charge on any atom is 0.408 e. The second kappa shape index (κ2) is 14.9. The normalized spacial score (nSPS) is 13.6. The Kier molecular flexibility index (Phi) is 12.1. The van der Waals surface area contributed by atoms with E-state index in [2.05, 4.69) is 10.6 Å². The topological polar surface area (TPSA) is 157 Å². The number of alkyl carbamates (subject to hydrolysis) is 1. The molecule has 0 spiro atoms. The lowest BCUT2D eigenvalue weighted by atomic mass is 9.93. The molecule has 0 aliphatic carbocycles. The minimum absolute atomic E-state index is 0.142. The molecule has 4 amide bonds. The van der Waals surface area contributed by atoms with Crippen LogP contribution < -0.4 is 16.4 Å². The molecule has 11 nitrogen and oxygen atoms in total. The Labute approximate surface area is 259 Å². The molecule has 0 fully saturated rings. The lowest BCUT2D eigenvalue weighted by molar-refractivity contribution is -0.159. The van der Waals surface area contributed by atoms with Crippen LogP contribution in [0.5, 0.6) is 0 Å². The van der Waals surface area contributed by atoms with Crippen molar-refractivity contribution in [2.24, 2.45) is 5.73 Å². The van der Waals surface area contributed by atoms with E-state index in [0.717, 1.165) is 10.5 Å². The third-order valence-electron chi connectivity index (χ3n) is 6.48. The average Bonchev–Trinajstić information content (AvgIpc) is 2.87. The highest BCUT2D eigenvalue weighted by atomic mass is 16.6. The molecule has 2 aromatic carbocycles. The fraction of sp³-hybridized carbons (Fsp3) is 0.485. The van der Waals surface area contributed by atoms with Gasteiger partial charge in [-0.3, -0.25) is 14.4 Å². The van der Waals surface area contributed by atoms with Gasteiger partial charge in [-0.05, 0) is 77.6 Å². The van der Waals surface area contributed by atoms with E-state index < -0.39 is 65.5 Å². The summed E-state index contributed by atoms with van der Waals surface area (Å²) in [5, 5.41) is 5.24. The Hall–Kier alpha value is -4.41. The number of amides is 4. The average molecular weight is 611 g/mol. The van der Waals surface area contributed by atoms with Gasteiger partial charge < -0.3 is 30.7 Å². The summed E-state index contributed by atoms with van der Waals surface area (Å²) in [6, 6.07) is 10.8. The van der Waals surface area contributed by atoms with Crippen molar-refractivity contribution in [2.45, 2.75) is 97.6 Å². The molecule has 0 heterocycles. The Bertz CT molecular complexity index is 1330. The Morgan fingerprint density at radius 1 is 0.795 bits per heavy atom. The highest BCUT2D eigenvalue weighted by molar-refractivity contribution is 5.95. The molecule has 0 aromatic heterocycles. The van der Waals surface area contributed by atoms with Crippen molar-refractivity contribution in [1.82, 2.24) is 15.5 Å². The number of nitrogens with one attached hydrogen (secondary N) is 2. The van der Waals surface area contributed by atoms with Gasteiger partial charge in [0.15, 0.2) is 0 Å². The number of nitrogens with zero attached hydrogens (tertiary/aromatic N) is 1. The van der Waals surface area contributed by atoms with Crippen LogP contribution in [-0.4, -0.2) is 65.0 Å². The molecule has 4 N–H and O–H groups in total. The van der Waals surface area contributed by atoms with Gasteiger partial charge >= 0.3 is 12.1 Å². The van der Waals surface area contributed by atoms with Gasteiger partial charge in [-0.1, -0.05) is 48.5 Å². The van der Waals surface area contributed by atoms with Crippen molar-refractivity contribution >= 4 is 29.8 Å². The van der Waals surface area contributed by atoms with E-state index in [1.54, 1.807) is 67.5 Å². The molecule has 3 unspecified atom stereocenters. The van der Waals surface area contributed by atoms with Crippen molar-refractivity contribution < 1.29 is 33.4 Å². The van der Waals surface area contributed by atoms with Gasteiger partial charge in [-0.15, -0.1) is 0 Å². The standard InChI is InChI=1S/C33H46N4O7/c1-20-14-13-15-21(2)26(20)27(37(9)29(40)23(19-25(34)38)36-31(42)44-33(6,7)8)28(39)35-24(30(41)43-32(3,4)5)18-22-16-11-10-12-17-22/h10-17,23-24,27H,18-19H2,1-9H3,(H2,34,38)(H,35,39)(H,36,42). The largest absolute Gasteiger partial charge is 0.458 e. The fourth-order valence-electron chi connectivity index (χ4n) is 4.65. The summed E-state index contributed by atoms with van der Waals surface area (Å²) >= 11 is 0. The lowest BCUT2D eigenvalue weighted by Crippen LogP contribution is -2.54. The molecular weight excluding hydrogens is 564 g/mol. The van der Waals surface area contributed by atoms with Crippen molar-refractivity contribution in [2.75, 3.05) is 7.05 Å². The lowest BCUT2D eigenvalue weighted by Gasteiger charge is -2.34. The first-order chi connectivity index (χ1) is 20.3. The molecule has 11 heteroatoms. The second-order valence-corrected chi connectivity index (χ2v) is 12.8. The van der Waals surface area contributed by atoms with Gasteiger partial charge in [0.1, 0.15) is 29.3 Å². The van der Waals surface area contributed by atoms with E-state index in [1.165, 1.54) is 7.05 Å². The van der Waals surface area contributed by atoms with Crippen LogP contribution in [0.1, 0.15) is 76.3 Å².